The first kappa shape index (κ1) is 16.9. The van der Waals surface area contributed by atoms with Crippen LogP contribution in [-0.4, -0.2) is 18.3 Å². The zero-order valence-corrected chi connectivity index (χ0v) is 15.4. The molecule has 0 aliphatic carbocycles. The Morgan fingerprint density at radius 1 is 0.870 bits per heavy atom. The van der Waals surface area contributed by atoms with Crippen LogP contribution in [0.15, 0.2) is 58.3 Å². The fourth-order valence-corrected chi connectivity index (χ4v) is 3.64. The van der Waals surface area contributed by atoms with Crippen LogP contribution in [0.1, 0.15) is 27.7 Å². The van der Waals surface area contributed by atoms with Crippen LogP contribution in [-0.2, 0) is 9.31 Å². The first-order valence-electron chi connectivity index (χ1n) is 7.66. The molecule has 0 saturated carbocycles. The summed E-state index contributed by atoms with van der Waals surface area (Å²) in [5.74, 6) is 0. The van der Waals surface area contributed by atoms with Crippen LogP contribution in [0, 0.1) is 0 Å². The zero-order valence-electron chi connectivity index (χ0n) is 13.8. The fourth-order valence-electron chi connectivity index (χ4n) is 2.38. The van der Waals surface area contributed by atoms with Crippen LogP contribution in [0.2, 0.25) is 5.02 Å². The van der Waals surface area contributed by atoms with Gasteiger partial charge in [0.1, 0.15) is 0 Å². The summed E-state index contributed by atoms with van der Waals surface area (Å²) in [6.45, 7) is 8.21. The molecule has 1 saturated heterocycles. The molecule has 1 heterocycles. The van der Waals surface area contributed by atoms with Crippen molar-refractivity contribution in [1.82, 2.24) is 0 Å². The standard InChI is InChI=1S/C18H20BClO2S/c1-17(2)18(3,4)22-19(21-17)13-10-14(20)12-16(11-13)23-15-8-6-5-7-9-15/h5-12H,1-4H3. The zero-order chi connectivity index (χ0) is 16.7. The van der Waals surface area contributed by atoms with Crippen LogP contribution < -0.4 is 5.46 Å². The van der Waals surface area contributed by atoms with Gasteiger partial charge in [-0.25, -0.2) is 0 Å². The van der Waals surface area contributed by atoms with Crippen LogP contribution in [0.3, 0.4) is 0 Å². The van der Waals surface area contributed by atoms with E-state index in [1.807, 2.05) is 30.3 Å². The average Bonchev–Trinajstić information content (AvgIpc) is 2.68. The average molecular weight is 347 g/mol. The third-order valence-corrected chi connectivity index (χ3v) is 5.60. The first-order chi connectivity index (χ1) is 10.8. The molecule has 23 heavy (non-hydrogen) atoms. The van der Waals surface area contributed by atoms with Crippen LogP contribution in [0.5, 0.6) is 0 Å². The third-order valence-electron chi connectivity index (χ3n) is 4.40. The van der Waals surface area contributed by atoms with E-state index in [9.17, 15) is 0 Å². The van der Waals surface area contributed by atoms with Gasteiger partial charge in [-0.15, -0.1) is 0 Å². The van der Waals surface area contributed by atoms with E-state index in [-0.39, 0.29) is 11.2 Å². The lowest BCUT2D eigenvalue weighted by Gasteiger charge is -2.32. The van der Waals surface area contributed by atoms with E-state index in [2.05, 4.69) is 45.9 Å². The quantitative estimate of drug-likeness (QED) is 0.744. The lowest BCUT2D eigenvalue weighted by molar-refractivity contribution is 0.00578. The van der Waals surface area contributed by atoms with Gasteiger partial charge in [-0.05, 0) is 63.5 Å². The summed E-state index contributed by atoms with van der Waals surface area (Å²) >= 11 is 7.99. The van der Waals surface area contributed by atoms with Gasteiger partial charge < -0.3 is 9.31 Å². The molecule has 0 spiro atoms. The lowest BCUT2D eigenvalue weighted by Crippen LogP contribution is -2.41. The highest BCUT2D eigenvalue weighted by atomic mass is 35.5. The van der Waals surface area contributed by atoms with E-state index >= 15 is 0 Å². The second-order valence-corrected chi connectivity index (χ2v) is 8.31. The summed E-state index contributed by atoms with van der Waals surface area (Å²) in [6, 6.07) is 16.2. The second kappa shape index (κ2) is 6.17. The van der Waals surface area contributed by atoms with E-state index in [4.69, 9.17) is 20.9 Å². The number of halogens is 1. The molecular weight excluding hydrogens is 327 g/mol. The Balaban J connectivity index is 1.87. The Hall–Kier alpha value is -0.935. The van der Waals surface area contributed by atoms with E-state index < -0.39 is 7.12 Å². The molecule has 1 aliphatic heterocycles. The van der Waals surface area contributed by atoms with Crippen molar-refractivity contribution in [1.29, 1.82) is 0 Å². The van der Waals surface area contributed by atoms with Gasteiger partial charge in [-0.2, -0.15) is 0 Å². The fraction of sp³-hybridized carbons (Fsp3) is 0.333. The molecule has 0 atom stereocenters. The molecular formula is C18H20BClO2S. The minimum atomic E-state index is -0.395. The molecule has 2 aromatic rings. The van der Waals surface area contributed by atoms with Crippen LogP contribution in [0.4, 0.5) is 0 Å². The van der Waals surface area contributed by atoms with Crippen molar-refractivity contribution in [2.24, 2.45) is 0 Å². The van der Waals surface area contributed by atoms with E-state index in [1.165, 1.54) is 4.90 Å². The first-order valence-corrected chi connectivity index (χ1v) is 8.85. The molecule has 0 bridgehead atoms. The maximum Gasteiger partial charge on any atom is 0.494 e. The minimum Gasteiger partial charge on any atom is -0.399 e. The van der Waals surface area contributed by atoms with Crippen molar-refractivity contribution in [3.63, 3.8) is 0 Å². The van der Waals surface area contributed by atoms with Crippen LogP contribution in [0.25, 0.3) is 0 Å². The summed E-state index contributed by atoms with van der Waals surface area (Å²) in [6.07, 6.45) is 0. The molecule has 0 aromatic heterocycles. The van der Waals surface area contributed by atoms with Gasteiger partial charge in [0.15, 0.2) is 0 Å². The molecule has 3 rings (SSSR count). The van der Waals surface area contributed by atoms with Crippen molar-refractivity contribution in [3.05, 3.63) is 53.6 Å². The van der Waals surface area contributed by atoms with Gasteiger partial charge in [0, 0.05) is 14.8 Å². The predicted molar refractivity (Wildman–Crippen MR) is 97.7 cm³/mol. The lowest BCUT2D eigenvalue weighted by atomic mass is 9.79. The molecule has 0 unspecified atom stereocenters. The Bertz CT molecular complexity index is 687. The second-order valence-electron chi connectivity index (χ2n) is 6.72. The van der Waals surface area contributed by atoms with Crippen molar-refractivity contribution < 1.29 is 9.31 Å². The Labute approximate surface area is 147 Å². The Kier molecular flexibility index (Phi) is 4.54. The molecule has 120 valence electrons. The topological polar surface area (TPSA) is 18.5 Å². The molecule has 5 heteroatoms. The third kappa shape index (κ3) is 3.61. The molecule has 0 N–H and O–H groups in total. The molecule has 0 radical (unpaired) electrons. The largest absolute Gasteiger partial charge is 0.494 e. The van der Waals surface area contributed by atoms with Gasteiger partial charge >= 0.3 is 7.12 Å². The summed E-state index contributed by atoms with van der Waals surface area (Å²) in [5.41, 5.74) is 0.244. The minimum absolute atomic E-state index is 0.354. The number of hydrogen-bond donors (Lipinski definition) is 0. The molecule has 0 amide bonds. The summed E-state index contributed by atoms with van der Waals surface area (Å²) in [4.78, 5) is 2.25. The number of benzene rings is 2. The highest BCUT2D eigenvalue weighted by molar-refractivity contribution is 7.99. The summed E-state index contributed by atoms with van der Waals surface area (Å²) in [7, 11) is -0.395. The predicted octanol–water partition coefficient (Wildman–Crippen LogP) is 4.79. The highest BCUT2D eigenvalue weighted by Gasteiger charge is 2.51. The van der Waals surface area contributed by atoms with Crippen molar-refractivity contribution in [3.8, 4) is 0 Å². The van der Waals surface area contributed by atoms with Crippen molar-refractivity contribution >= 4 is 35.9 Å². The van der Waals surface area contributed by atoms with Gasteiger partial charge in [0.2, 0.25) is 0 Å². The van der Waals surface area contributed by atoms with Gasteiger partial charge in [0.05, 0.1) is 11.2 Å². The molecule has 2 aromatic carbocycles. The van der Waals surface area contributed by atoms with Crippen molar-refractivity contribution in [2.45, 2.75) is 48.7 Å². The van der Waals surface area contributed by atoms with E-state index in [0.717, 1.165) is 10.4 Å². The molecule has 1 aliphatic rings. The van der Waals surface area contributed by atoms with Gasteiger partial charge in [-0.1, -0.05) is 41.6 Å². The van der Waals surface area contributed by atoms with Crippen molar-refractivity contribution in [2.75, 3.05) is 0 Å². The maximum atomic E-state index is 6.31. The Morgan fingerprint density at radius 3 is 2.09 bits per heavy atom. The van der Waals surface area contributed by atoms with Gasteiger partial charge in [0.25, 0.3) is 0 Å². The summed E-state index contributed by atoms with van der Waals surface area (Å²) in [5, 5.41) is 0.690. The van der Waals surface area contributed by atoms with Gasteiger partial charge in [-0.3, -0.25) is 0 Å². The van der Waals surface area contributed by atoms with E-state index in [0.29, 0.717) is 5.02 Å². The number of hydrogen-bond acceptors (Lipinski definition) is 3. The summed E-state index contributed by atoms with van der Waals surface area (Å²) < 4.78 is 12.2. The monoisotopic (exact) mass is 346 g/mol. The SMILES string of the molecule is CC1(C)OB(c2cc(Cl)cc(Sc3ccccc3)c2)OC1(C)C. The highest BCUT2D eigenvalue weighted by Crippen LogP contribution is 2.37. The number of rotatable bonds is 3. The van der Waals surface area contributed by atoms with E-state index in [1.54, 1.807) is 11.8 Å². The molecule has 2 nitrogen and oxygen atoms in total. The molecule has 1 fully saturated rings. The Morgan fingerprint density at radius 2 is 1.48 bits per heavy atom. The normalized spacial score (nSPS) is 19.1. The smallest absolute Gasteiger partial charge is 0.399 e. The maximum absolute atomic E-state index is 6.31. The van der Waals surface area contributed by atoms with Crippen LogP contribution >= 0.6 is 23.4 Å².